The number of carbonyl (C=O) groups excluding carboxylic acids is 2. The van der Waals surface area contributed by atoms with E-state index in [-0.39, 0.29) is 18.0 Å². The Labute approximate surface area is 161 Å². The SMILES string of the molecule is CC(C)OC(=O)c1cccc(OC(=O)c2cc(Br)ccc2OC(C)C)c1. The van der Waals surface area contributed by atoms with E-state index in [1.54, 1.807) is 50.2 Å². The molecule has 6 heteroatoms. The third-order valence-corrected chi connectivity index (χ3v) is 3.64. The van der Waals surface area contributed by atoms with Crippen molar-refractivity contribution in [1.82, 2.24) is 0 Å². The number of esters is 2. The molecule has 0 saturated heterocycles. The highest BCUT2D eigenvalue weighted by Gasteiger charge is 2.18. The fraction of sp³-hybridized carbons (Fsp3) is 0.300. The molecule has 0 unspecified atom stereocenters. The van der Waals surface area contributed by atoms with Gasteiger partial charge in [0.1, 0.15) is 17.1 Å². The summed E-state index contributed by atoms with van der Waals surface area (Å²) in [6, 6.07) is 11.4. The van der Waals surface area contributed by atoms with Gasteiger partial charge in [0.2, 0.25) is 0 Å². The largest absolute Gasteiger partial charge is 0.490 e. The van der Waals surface area contributed by atoms with E-state index in [2.05, 4.69) is 15.9 Å². The van der Waals surface area contributed by atoms with Gasteiger partial charge in [-0.15, -0.1) is 0 Å². The van der Waals surface area contributed by atoms with E-state index in [1.165, 1.54) is 6.07 Å². The fourth-order valence-corrected chi connectivity index (χ4v) is 2.51. The molecule has 0 radical (unpaired) electrons. The molecule has 0 fully saturated rings. The molecule has 138 valence electrons. The number of halogens is 1. The van der Waals surface area contributed by atoms with E-state index in [9.17, 15) is 9.59 Å². The number of benzene rings is 2. The molecule has 0 aromatic heterocycles. The summed E-state index contributed by atoms with van der Waals surface area (Å²) >= 11 is 3.35. The van der Waals surface area contributed by atoms with Crippen molar-refractivity contribution in [2.45, 2.75) is 39.9 Å². The maximum Gasteiger partial charge on any atom is 0.347 e. The van der Waals surface area contributed by atoms with Crippen molar-refractivity contribution in [2.75, 3.05) is 0 Å². The molecule has 0 N–H and O–H groups in total. The summed E-state index contributed by atoms with van der Waals surface area (Å²) in [6.07, 6.45) is -0.317. The second-order valence-electron chi connectivity index (χ2n) is 6.18. The van der Waals surface area contributed by atoms with Crippen LogP contribution in [0.1, 0.15) is 48.4 Å². The van der Waals surface area contributed by atoms with E-state index in [1.807, 2.05) is 13.8 Å². The van der Waals surface area contributed by atoms with Gasteiger partial charge in [-0.2, -0.15) is 0 Å². The molecule has 2 aromatic rings. The Bertz CT molecular complexity index is 799. The lowest BCUT2D eigenvalue weighted by atomic mass is 10.2. The first kappa shape index (κ1) is 20.0. The van der Waals surface area contributed by atoms with Crippen LogP contribution in [0, 0.1) is 0 Å². The molecule has 0 bridgehead atoms. The second-order valence-corrected chi connectivity index (χ2v) is 7.09. The van der Waals surface area contributed by atoms with Gasteiger partial charge >= 0.3 is 11.9 Å². The maximum absolute atomic E-state index is 12.6. The van der Waals surface area contributed by atoms with Crippen LogP contribution in [0.15, 0.2) is 46.9 Å². The molecule has 0 amide bonds. The molecule has 0 saturated carbocycles. The highest BCUT2D eigenvalue weighted by Crippen LogP contribution is 2.26. The van der Waals surface area contributed by atoms with Crippen LogP contribution in [0.2, 0.25) is 0 Å². The van der Waals surface area contributed by atoms with E-state index in [0.29, 0.717) is 16.9 Å². The van der Waals surface area contributed by atoms with Crippen LogP contribution in [0.25, 0.3) is 0 Å². The first-order valence-corrected chi connectivity index (χ1v) is 9.05. The molecule has 0 aliphatic carbocycles. The zero-order valence-electron chi connectivity index (χ0n) is 15.1. The number of hydrogen-bond donors (Lipinski definition) is 0. The van der Waals surface area contributed by atoms with E-state index in [4.69, 9.17) is 14.2 Å². The summed E-state index contributed by atoms with van der Waals surface area (Å²) in [5.41, 5.74) is 0.611. The quantitative estimate of drug-likeness (QED) is 0.484. The Kier molecular flexibility index (Phi) is 6.80. The Morgan fingerprint density at radius 1 is 0.923 bits per heavy atom. The predicted octanol–water partition coefficient (Wildman–Crippen LogP) is 5.02. The highest BCUT2D eigenvalue weighted by atomic mass is 79.9. The van der Waals surface area contributed by atoms with Gasteiger partial charge in [0, 0.05) is 4.47 Å². The number of ether oxygens (including phenoxy) is 3. The van der Waals surface area contributed by atoms with Crippen molar-refractivity contribution < 1.29 is 23.8 Å². The number of rotatable bonds is 6. The molecule has 2 rings (SSSR count). The molecule has 0 aliphatic rings. The van der Waals surface area contributed by atoms with Gasteiger partial charge in [0.15, 0.2) is 0 Å². The molecule has 0 aliphatic heterocycles. The van der Waals surface area contributed by atoms with Crippen LogP contribution < -0.4 is 9.47 Å². The Morgan fingerprint density at radius 2 is 1.65 bits per heavy atom. The van der Waals surface area contributed by atoms with Gasteiger partial charge < -0.3 is 14.2 Å². The first-order valence-electron chi connectivity index (χ1n) is 8.25. The smallest absolute Gasteiger partial charge is 0.347 e. The highest BCUT2D eigenvalue weighted by molar-refractivity contribution is 9.10. The van der Waals surface area contributed by atoms with Crippen molar-refractivity contribution in [3.63, 3.8) is 0 Å². The van der Waals surface area contributed by atoms with Gasteiger partial charge in [0.25, 0.3) is 0 Å². The first-order chi connectivity index (χ1) is 12.3. The molecule has 0 spiro atoms. The normalized spacial score (nSPS) is 10.7. The minimum atomic E-state index is -0.573. The van der Waals surface area contributed by atoms with Crippen molar-refractivity contribution in [3.8, 4) is 11.5 Å². The van der Waals surface area contributed by atoms with Crippen molar-refractivity contribution >= 4 is 27.9 Å². The van der Waals surface area contributed by atoms with Gasteiger partial charge in [-0.25, -0.2) is 9.59 Å². The summed E-state index contributed by atoms with van der Waals surface area (Å²) in [5.74, 6) is -0.354. The van der Waals surface area contributed by atoms with Crippen LogP contribution in [-0.2, 0) is 4.74 Å². The molecule has 5 nitrogen and oxygen atoms in total. The number of hydrogen-bond acceptors (Lipinski definition) is 5. The summed E-state index contributed by atoms with van der Waals surface area (Å²) in [4.78, 5) is 24.6. The molecule has 0 atom stereocenters. The lowest BCUT2D eigenvalue weighted by Gasteiger charge is -2.14. The lowest BCUT2D eigenvalue weighted by molar-refractivity contribution is 0.0376. The Hall–Kier alpha value is -2.34. The third kappa shape index (κ3) is 5.59. The predicted molar refractivity (Wildman–Crippen MR) is 102 cm³/mol. The summed E-state index contributed by atoms with van der Waals surface area (Å²) < 4.78 is 17.0. The van der Waals surface area contributed by atoms with Crippen LogP contribution in [0.4, 0.5) is 0 Å². The molecule has 0 heterocycles. The summed E-state index contributed by atoms with van der Waals surface area (Å²) in [6.45, 7) is 7.29. The van der Waals surface area contributed by atoms with Gasteiger partial charge in [-0.1, -0.05) is 22.0 Å². The maximum atomic E-state index is 12.6. The van der Waals surface area contributed by atoms with Crippen LogP contribution in [0.3, 0.4) is 0 Å². The van der Waals surface area contributed by atoms with E-state index in [0.717, 1.165) is 4.47 Å². The average Bonchev–Trinajstić information content (AvgIpc) is 2.55. The number of carbonyl (C=O) groups is 2. The topological polar surface area (TPSA) is 61.8 Å². The molecular weight excluding hydrogens is 400 g/mol. The zero-order valence-corrected chi connectivity index (χ0v) is 16.7. The standard InChI is InChI=1S/C20H21BrO5/c1-12(2)24-18-9-8-15(21)11-17(18)20(23)26-16-7-5-6-14(10-16)19(22)25-13(3)4/h5-13H,1-4H3. The minimum Gasteiger partial charge on any atom is -0.490 e. The summed E-state index contributed by atoms with van der Waals surface area (Å²) in [7, 11) is 0. The molecule has 2 aromatic carbocycles. The molecular formula is C20H21BrO5. The van der Waals surface area contributed by atoms with Gasteiger partial charge in [-0.05, 0) is 64.1 Å². The van der Waals surface area contributed by atoms with E-state index < -0.39 is 11.9 Å². The van der Waals surface area contributed by atoms with Crippen LogP contribution in [0.5, 0.6) is 11.5 Å². The fourth-order valence-electron chi connectivity index (χ4n) is 2.15. The van der Waals surface area contributed by atoms with Crippen molar-refractivity contribution in [3.05, 3.63) is 58.1 Å². The third-order valence-electron chi connectivity index (χ3n) is 3.15. The van der Waals surface area contributed by atoms with Crippen LogP contribution in [-0.4, -0.2) is 24.1 Å². The zero-order chi connectivity index (χ0) is 19.3. The molecule has 26 heavy (non-hydrogen) atoms. The Balaban J connectivity index is 2.23. The van der Waals surface area contributed by atoms with E-state index >= 15 is 0 Å². The van der Waals surface area contributed by atoms with Crippen LogP contribution >= 0.6 is 15.9 Å². The van der Waals surface area contributed by atoms with Gasteiger partial charge in [-0.3, -0.25) is 0 Å². The van der Waals surface area contributed by atoms with Crippen molar-refractivity contribution in [2.24, 2.45) is 0 Å². The average molecular weight is 421 g/mol. The van der Waals surface area contributed by atoms with Gasteiger partial charge in [0.05, 0.1) is 17.8 Å². The summed E-state index contributed by atoms with van der Waals surface area (Å²) in [5, 5.41) is 0. The minimum absolute atomic E-state index is 0.0862. The Morgan fingerprint density at radius 3 is 2.31 bits per heavy atom. The monoisotopic (exact) mass is 420 g/mol. The lowest BCUT2D eigenvalue weighted by Crippen LogP contribution is -2.15. The second kappa shape index (κ2) is 8.85. The van der Waals surface area contributed by atoms with Crippen molar-refractivity contribution in [1.29, 1.82) is 0 Å².